The van der Waals surface area contributed by atoms with Crippen LogP contribution in [0.5, 0.6) is 0 Å². The van der Waals surface area contributed by atoms with Gasteiger partial charge in [0.15, 0.2) is 5.13 Å². The van der Waals surface area contributed by atoms with E-state index in [9.17, 15) is 4.79 Å². The lowest BCUT2D eigenvalue weighted by molar-refractivity contribution is -0.117. The van der Waals surface area contributed by atoms with Gasteiger partial charge in [-0.15, -0.1) is 11.3 Å². The molecular formula is C14H21N3OS. The van der Waals surface area contributed by atoms with Crippen molar-refractivity contribution in [3.05, 3.63) is 11.1 Å². The smallest absolute Gasteiger partial charge is 0.226 e. The molecular weight excluding hydrogens is 258 g/mol. The number of thiazole rings is 1. The fraction of sp³-hybridized carbons (Fsp3) is 0.714. The molecule has 0 saturated carbocycles. The van der Waals surface area contributed by atoms with Gasteiger partial charge in [-0.25, -0.2) is 4.98 Å². The first-order valence-corrected chi connectivity index (χ1v) is 8.05. The van der Waals surface area contributed by atoms with Gasteiger partial charge >= 0.3 is 0 Å². The van der Waals surface area contributed by atoms with Gasteiger partial charge in [0, 0.05) is 29.6 Å². The summed E-state index contributed by atoms with van der Waals surface area (Å²) in [5, 5.41) is 7.30. The summed E-state index contributed by atoms with van der Waals surface area (Å²) in [6.45, 7) is 2.10. The van der Waals surface area contributed by atoms with Gasteiger partial charge in [0.25, 0.3) is 0 Å². The lowest BCUT2D eigenvalue weighted by atomic mass is 9.89. The Bertz CT molecular complexity index is 447. The number of nitrogens with zero attached hydrogens (tertiary/aromatic N) is 1. The second-order valence-corrected chi connectivity index (χ2v) is 6.83. The molecule has 2 N–H and O–H groups in total. The van der Waals surface area contributed by atoms with Gasteiger partial charge in [-0.3, -0.25) is 4.79 Å². The number of carbonyl (C=O) groups is 1. The monoisotopic (exact) mass is 279 g/mol. The molecule has 1 amide bonds. The van der Waals surface area contributed by atoms with Crippen LogP contribution in [0.15, 0.2) is 6.20 Å². The van der Waals surface area contributed by atoms with Crippen molar-refractivity contribution in [1.82, 2.24) is 10.3 Å². The van der Waals surface area contributed by atoms with Gasteiger partial charge in [0.1, 0.15) is 0 Å². The average molecular weight is 279 g/mol. The number of carbonyl (C=O) groups excluding carboxylic acids is 1. The van der Waals surface area contributed by atoms with Crippen molar-refractivity contribution in [1.29, 1.82) is 0 Å². The quantitative estimate of drug-likeness (QED) is 0.890. The first kappa shape index (κ1) is 13.1. The Balaban J connectivity index is 1.51. The van der Waals surface area contributed by atoms with Crippen LogP contribution in [0.3, 0.4) is 0 Å². The van der Waals surface area contributed by atoms with Crippen LogP contribution in [0.2, 0.25) is 0 Å². The molecule has 2 fully saturated rings. The molecule has 2 aliphatic heterocycles. The van der Waals surface area contributed by atoms with Crippen molar-refractivity contribution in [3.8, 4) is 0 Å². The van der Waals surface area contributed by atoms with E-state index in [0.29, 0.717) is 24.4 Å². The zero-order valence-corrected chi connectivity index (χ0v) is 12.1. The summed E-state index contributed by atoms with van der Waals surface area (Å²) in [7, 11) is 0. The largest absolute Gasteiger partial charge is 0.311 e. The van der Waals surface area contributed by atoms with Gasteiger partial charge < -0.3 is 10.6 Å². The molecule has 19 heavy (non-hydrogen) atoms. The van der Waals surface area contributed by atoms with Gasteiger partial charge in [-0.2, -0.15) is 0 Å². The Morgan fingerprint density at radius 2 is 2.21 bits per heavy atom. The van der Waals surface area contributed by atoms with E-state index in [1.807, 2.05) is 6.20 Å². The summed E-state index contributed by atoms with van der Waals surface area (Å²) in [6.07, 6.45) is 8.36. The molecule has 104 valence electrons. The Morgan fingerprint density at radius 3 is 2.84 bits per heavy atom. The first-order valence-electron chi connectivity index (χ1n) is 7.23. The molecule has 0 radical (unpaired) electrons. The van der Waals surface area contributed by atoms with Crippen LogP contribution in [0.1, 0.15) is 43.9 Å². The number of nitrogens with one attached hydrogen (secondary N) is 2. The lowest BCUT2D eigenvalue weighted by Crippen LogP contribution is -2.39. The molecule has 2 atom stereocenters. The number of amides is 1. The van der Waals surface area contributed by atoms with Crippen LogP contribution in [0.25, 0.3) is 0 Å². The van der Waals surface area contributed by atoms with Crippen LogP contribution in [-0.4, -0.2) is 23.0 Å². The highest BCUT2D eigenvalue weighted by molar-refractivity contribution is 7.15. The number of hydrogen-bond donors (Lipinski definition) is 2. The maximum Gasteiger partial charge on any atom is 0.226 e. The summed E-state index contributed by atoms with van der Waals surface area (Å²) in [6, 6.07) is 1.31. The Labute approximate surface area is 118 Å². The summed E-state index contributed by atoms with van der Waals surface area (Å²) in [5.74, 6) is 0.674. The topological polar surface area (TPSA) is 54.0 Å². The second kappa shape index (κ2) is 5.59. The predicted octanol–water partition coefficient (Wildman–Crippen LogP) is 2.56. The number of hydrogen-bond acceptors (Lipinski definition) is 4. The first-order chi connectivity index (χ1) is 9.22. The van der Waals surface area contributed by atoms with E-state index < -0.39 is 0 Å². The van der Waals surface area contributed by atoms with Crippen LogP contribution in [0, 0.1) is 5.92 Å². The maximum absolute atomic E-state index is 12.0. The third kappa shape index (κ3) is 3.15. The average Bonchev–Trinajstić information content (AvgIpc) is 2.96. The summed E-state index contributed by atoms with van der Waals surface area (Å²) >= 11 is 1.58. The van der Waals surface area contributed by atoms with E-state index in [-0.39, 0.29) is 5.91 Å². The maximum atomic E-state index is 12.0. The third-order valence-corrected chi connectivity index (χ3v) is 5.25. The molecule has 5 heteroatoms. The zero-order chi connectivity index (χ0) is 13.2. The van der Waals surface area contributed by atoms with Crippen molar-refractivity contribution in [2.75, 3.05) is 5.32 Å². The van der Waals surface area contributed by atoms with Crippen molar-refractivity contribution in [2.45, 2.75) is 57.5 Å². The molecule has 0 aromatic carbocycles. The van der Waals surface area contributed by atoms with Crippen molar-refractivity contribution < 1.29 is 4.79 Å². The fourth-order valence-electron chi connectivity index (χ4n) is 3.30. The fourth-order valence-corrected chi connectivity index (χ4v) is 4.07. The van der Waals surface area contributed by atoms with Gasteiger partial charge in [-0.1, -0.05) is 6.92 Å². The SMILES string of the molecule is CCc1cnc(NC(=O)CC2CC3CCC(C2)N3)s1. The van der Waals surface area contributed by atoms with Crippen LogP contribution < -0.4 is 10.6 Å². The van der Waals surface area contributed by atoms with E-state index in [1.54, 1.807) is 11.3 Å². The Hall–Kier alpha value is -0.940. The molecule has 1 aromatic rings. The van der Waals surface area contributed by atoms with E-state index in [2.05, 4.69) is 22.5 Å². The van der Waals surface area contributed by atoms with Crippen molar-refractivity contribution >= 4 is 22.4 Å². The minimum absolute atomic E-state index is 0.128. The lowest BCUT2D eigenvalue weighted by Gasteiger charge is -2.28. The molecule has 2 aliphatic rings. The van der Waals surface area contributed by atoms with E-state index >= 15 is 0 Å². The third-order valence-electron chi connectivity index (χ3n) is 4.19. The summed E-state index contributed by atoms with van der Waals surface area (Å²) < 4.78 is 0. The standard InChI is InChI=1S/C14H21N3OS/c1-2-12-8-15-14(19-12)17-13(18)7-9-5-10-3-4-11(6-9)16-10/h8-11,16H,2-7H2,1H3,(H,15,17,18). The normalized spacial score (nSPS) is 29.4. The predicted molar refractivity (Wildman–Crippen MR) is 77.4 cm³/mol. The Kier molecular flexibility index (Phi) is 3.84. The number of piperidine rings is 1. The second-order valence-electron chi connectivity index (χ2n) is 5.71. The van der Waals surface area contributed by atoms with Crippen molar-refractivity contribution in [2.24, 2.45) is 5.92 Å². The van der Waals surface area contributed by atoms with Crippen LogP contribution >= 0.6 is 11.3 Å². The number of aromatic nitrogens is 1. The molecule has 2 bridgehead atoms. The number of aryl methyl sites for hydroxylation is 1. The summed E-state index contributed by atoms with van der Waals surface area (Å²) in [5.41, 5.74) is 0. The molecule has 3 rings (SSSR count). The van der Waals surface area contributed by atoms with Crippen LogP contribution in [0.4, 0.5) is 5.13 Å². The molecule has 1 aromatic heterocycles. The molecule has 2 saturated heterocycles. The molecule has 3 heterocycles. The highest BCUT2D eigenvalue weighted by Crippen LogP contribution is 2.32. The highest BCUT2D eigenvalue weighted by atomic mass is 32.1. The van der Waals surface area contributed by atoms with Crippen molar-refractivity contribution in [3.63, 3.8) is 0 Å². The number of anilines is 1. The molecule has 4 nitrogen and oxygen atoms in total. The number of fused-ring (bicyclic) bond motifs is 2. The highest BCUT2D eigenvalue weighted by Gasteiger charge is 2.34. The minimum atomic E-state index is 0.128. The van der Waals surface area contributed by atoms with E-state index in [1.165, 1.54) is 17.7 Å². The van der Waals surface area contributed by atoms with E-state index in [0.717, 1.165) is 24.4 Å². The summed E-state index contributed by atoms with van der Waals surface area (Å²) in [4.78, 5) is 17.5. The zero-order valence-electron chi connectivity index (χ0n) is 11.3. The molecule has 0 aliphatic carbocycles. The number of rotatable bonds is 4. The van der Waals surface area contributed by atoms with Gasteiger partial charge in [-0.05, 0) is 38.0 Å². The van der Waals surface area contributed by atoms with Crippen LogP contribution in [-0.2, 0) is 11.2 Å². The molecule has 0 spiro atoms. The van der Waals surface area contributed by atoms with Gasteiger partial charge in [0.05, 0.1) is 0 Å². The Morgan fingerprint density at radius 1 is 1.47 bits per heavy atom. The molecule has 2 unspecified atom stereocenters. The minimum Gasteiger partial charge on any atom is -0.311 e. The van der Waals surface area contributed by atoms with Gasteiger partial charge in [0.2, 0.25) is 5.91 Å². The van der Waals surface area contributed by atoms with E-state index in [4.69, 9.17) is 0 Å².